The number of ether oxygens (including phenoxy) is 2. The molecule has 2 rings (SSSR count). The summed E-state index contributed by atoms with van der Waals surface area (Å²) in [5.74, 6) is 1.80. The molecule has 6 heteroatoms. The summed E-state index contributed by atoms with van der Waals surface area (Å²) in [4.78, 5) is 0. The standard InChI is InChI=1S/C9H9N4O2/c1-14-7-3-6(4-8(5-7)15-2)9-10-12-13-11-9/h3-5H,1-2H3/q-1. The lowest BCUT2D eigenvalue weighted by molar-refractivity contribution is 0.394. The van der Waals surface area contributed by atoms with E-state index in [-0.39, 0.29) is 0 Å². The highest BCUT2D eigenvalue weighted by atomic mass is 16.5. The summed E-state index contributed by atoms with van der Waals surface area (Å²) in [5.41, 5.74) is 0.760. The number of aromatic nitrogens is 4. The van der Waals surface area contributed by atoms with Crippen molar-refractivity contribution in [2.24, 2.45) is 0 Å². The van der Waals surface area contributed by atoms with E-state index in [1.165, 1.54) is 0 Å². The maximum absolute atomic E-state index is 5.12. The Morgan fingerprint density at radius 2 is 1.73 bits per heavy atom. The lowest BCUT2D eigenvalue weighted by Gasteiger charge is -2.07. The molecule has 2 aromatic rings. The Hall–Kier alpha value is -2.11. The molecule has 1 aromatic heterocycles. The highest BCUT2D eigenvalue weighted by molar-refractivity contribution is 5.59. The van der Waals surface area contributed by atoms with Crippen LogP contribution in [0.2, 0.25) is 0 Å². The Morgan fingerprint density at radius 1 is 1.07 bits per heavy atom. The Labute approximate surface area is 86.2 Å². The second-order valence-corrected chi connectivity index (χ2v) is 2.80. The first kappa shape index (κ1) is 9.45. The van der Waals surface area contributed by atoms with E-state index in [2.05, 4.69) is 20.6 Å². The molecule has 0 fully saturated rings. The Morgan fingerprint density at radius 3 is 2.20 bits per heavy atom. The first-order chi connectivity index (χ1) is 7.33. The van der Waals surface area contributed by atoms with Crippen molar-refractivity contribution in [1.29, 1.82) is 0 Å². The highest BCUT2D eigenvalue weighted by Gasteiger charge is 2.02. The quantitative estimate of drug-likeness (QED) is 0.727. The molecule has 0 bridgehead atoms. The van der Waals surface area contributed by atoms with E-state index in [0.29, 0.717) is 17.3 Å². The molecule has 0 saturated heterocycles. The first-order valence-corrected chi connectivity index (χ1v) is 4.25. The molecule has 0 aliphatic heterocycles. The zero-order chi connectivity index (χ0) is 10.7. The van der Waals surface area contributed by atoms with E-state index in [4.69, 9.17) is 9.47 Å². The minimum atomic E-state index is 0.451. The number of rotatable bonds is 3. The van der Waals surface area contributed by atoms with Crippen molar-refractivity contribution < 1.29 is 9.47 Å². The van der Waals surface area contributed by atoms with Gasteiger partial charge >= 0.3 is 0 Å². The minimum absolute atomic E-state index is 0.451. The van der Waals surface area contributed by atoms with Gasteiger partial charge in [0, 0.05) is 11.9 Å². The van der Waals surface area contributed by atoms with E-state index >= 15 is 0 Å². The molecule has 0 spiro atoms. The second kappa shape index (κ2) is 3.95. The topological polar surface area (TPSA) is 71.2 Å². The average molecular weight is 205 g/mol. The number of nitrogens with zero attached hydrogens (tertiary/aromatic N) is 4. The van der Waals surface area contributed by atoms with Gasteiger partial charge in [-0.05, 0) is 17.7 Å². The van der Waals surface area contributed by atoms with Crippen molar-refractivity contribution >= 4 is 0 Å². The lowest BCUT2D eigenvalue weighted by Crippen LogP contribution is -1.90. The van der Waals surface area contributed by atoms with Gasteiger partial charge in [0.25, 0.3) is 0 Å². The van der Waals surface area contributed by atoms with Crippen molar-refractivity contribution in [3.8, 4) is 22.9 Å². The van der Waals surface area contributed by atoms with Gasteiger partial charge in [-0.2, -0.15) is 5.21 Å². The second-order valence-electron chi connectivity index (χ2n) is 2.80. The van der Waals surface area contributed by atoms with Crippen molar-refractivity contribution in [1.82, 2.24) is 20.6 Å². The van der Waals surface area contributed by atoms with Crippen LogP contribution in [0.1, 0.15) is 0 Å². The van der Waals surface area contributed by atoms with Gasteiger partial charge in [0.1, 0.15) is 11.5 Å². The molecule has 0 unspecified atom stereocenters. The number of hydrogen-bond donors (Lipinski definition) is 0. The van der Waals surface area contributed by atoms with Crippen LogP contribution >= 0.6 is 0 Å². The summed E-state index contributed by atoms with van der Waals surface area (Å²) in [5, 5.41) is 14.3. The Bertz CT molecular complexity index is 419. The van der Waals surface area contributed by atoms with Gasteiger partial charge < -0.3 is 14.6 Å². The number of methoxy groups -OCH3 is 2. The number of hydrogen-bond acceptors (Lipinski definition) is 5. The van der Waals surface area contributed by atoms with Crippen molar-refractivity contribution in [2.75, 3.05) is 14.2 Å². The van der Waals surface area contributed by atoms with Gasteiger partial charge in [0.05, 0.1) is 14.2 Å². The number of tetrazole rings is 1. The van der Waals surface area contributed by atoms with Crippen LogP contribution in [0.3, 0.4) is 0 Å². The van der Waals surface area contributed by atoms with Crippen LogP contribution in [0.15, 0.2) is 18.2 Å². The largest absolute Gasteiger partial charge is 0.497 e. The van der Waals surface area contributed by atoms with Gasteiger partial charge in [-0.1, -0.05) is 0 Å². The van der Waals surface area contributed by atoms with Crippen LogP contribution in [0.4, 0.5) is 0 Å². The van der Waals surface area contributed by atoms with E-state index < -0.39 is 0 Å². The molecule has 15 heavy (non-hydrogen) atoms. The maximum Gasteiger partial charge on any atom is 0.123 e. The fraction of sp³-hybridized carbons (Fsp3) is 0.222. The third-order valence-electron chi connectivity index (χ3n) is 1.93. The maximum atomic E-state index is 5.12. The van der Waals surface area contributed by atoms with Crippen LogP contribution in [0.5, 0.6) is 11.5 Å². The van der Waals surface area contributed by atoms with Crippen LogP contribution in [-0.4, -0.2) is 29.7 Å². The van der Waals surface area contributed by atoms with Crippen LogP contribution in [0, 0.1) is 0 Å². The molecule has 0 N–H and O–H groups in total. The smallest absolute Gasteiger partial charge is 0.123 e. The van der Waals surface area contributed by atoms with E-state index in [0.717, 1.165) is 5.56 Å². The molecule has 0 atom stereocenters. The molecule has 0 amide bonds. The SMILES string of the molecule is COc1cc(OC)cc(-c2nnn[n-]2)c1. The Kier molecular flexibility index (Phi) is 2.49. The van der Waals surface area contributed by atoms with Crippen molar-refractivity contribution in [3.63, 3.8) is 0 Å². The average Bonchev–Trinajstić information content (AvgIpc) is 2.81. The highest BCUT2D eigenvalue weighted by Crippen LogP contribution is 2.26. The van der Waals surface area contributed by atoms with Gasteiger partial charge in [-0.3, -0.25) is 10.3 Å². The fourth-order valence-electron chi connectivity index (χ4n) is 1.20. The minimum Gasteiger partial charge on any atom is -0.497 e. The molecule has 0 saturated carbocycles. The monoisotopic (exact) mass is 205 g/mol. The van der Waals surface area contributed by atoms with Gasteiger partial charge in [0.15, 0.2) is 0 Å². The number of benzene rings is 1. The summed E-state index contributed by atoms with van der Waals surface area (Å²) in [6.45, 7) is 0. The lowest BCUT2D eigenvalue weighted by atomic mass is 10.2. The molecule has 78 valence electrons. The van der Waals surface area contributed by atoms with Gasteiger partial charge in [0.2, 0.25) is 0 Å². The molecule has 1 aromatic carbocycles. The van der Waals surface area contributed by atoms with Gasteiger partial charge in [-0.25, -0.2) is 0 Å². The van der Waals surface area contributed by atoms with Crippen LogP contribution in [-0.2, 0) is 0 Å². The molecule has 0 aliphatic carbocycles. The molecule has 0 radical (unpaired) electrons. The molecule has 1 heterocycles. The third kappa shape index (κ3) is 1.88. The predicted molar refractivity (Wildman–Crippen MR) is 51.7 cm³/mol. The summed E-state index contributed by atoms with van der Waals surface area (Å²) < 4.78 is 10.2. The summed E-state index contributed by atoms with van der Waals surface area (Å²) in [6.07, 6.45) is 0. The summed E-state index contributed by atoms with van der Waals surface area (Å²) in [6, 6.07) is 5.36. The summed E-state index contributed by atoms with van der Waals surface area (Å²) >= 11 is 0. The first-order valence-electron chi connectivity index (χ1n) is 4.25. The molecular weight excluding hydrogens is 196 g/mol. The zero-order valence-corrected chi connectivity index (χ0v) is 8.34. The van der Waals surface area contributed by atoms with E-state index in [1.807, 2.05) is 0 Å². The fourth-order valence-corrected chi connectivity index (χ4v) is 1.20. The third-order valence-corrected chi connectivity index (χ3v) is 1.93. The van der Waals surface area contributed by atoms with Crippen molar-refractivity contribution in [2.45, 2.75) is 0 Å². The molecule has 6 nitrogen and oxygen atoms in total. The summed E-state index contributed by atoms with van der Waals surface area (Å²) in [7, 11) is 3.17. The van der Waals surface area contributed by atoms with Gasteiger partial charge in [-0.15, -0.1) is 0 Å². The normalized spacial score (nSPS) is 10.0. The van der Waals surface area contributed by atoms with Crippen LogP contribution in [0.25, 0.3) is 11.4 Å². The zero-order valence-electron chi connectivity index (χ0n) is 8.34. The van der Waals surface area contributed by atoms with E-state index in [1.54, 1.807) is 32.4 Å². The Balaban J connectivity index is 2.47. The van der Waals surface area contributed by atoms with Crippen molar-refractivity contribution in [3.05, 3.63) is 18.2 Å². The van der Waals surface area contributed by atoms with Crippen LogP contribution < -0.4 is 14.6 Å². The predicted octanol–water partition coefficient (Wildman–Crippen LogP) is 0.513. The molecule has 0 aliphatic rings. The molecular formula is C9H9N4O2-. The van der Waals surface area contributed by atoms with E-state index in [9.17, 15) is 0 Å².